The number of nitrogens with zero attached hydrogens (tertiary/aromatic N) is 3. The SMILES string of the molecule is O=C(COC(=O)CCn1nnc2ccccc2c1=O)NC(Cc1ccccc1)c1ccccc1. The number of hydrogen-bond donors (Lipinski definition) is 1. The number of ether oxygens (including phenoxy) is 1. The van der Waals surface area contributed by atoms with Crippen LogP contribution in [0.1, 0.15) is 23.6 Å². The molecule has 1 aromatic heterocycles. The van der Waals surface area contributed by atoms with E-state index >= 15 is 0 Å². The molecule has 1 heterocycles. The van der Waals surface area contributed by atoms with Gasteiger partial charge in [-0.05, 0) is 29.7 Å². The summed E-state index contributed by atoms with van der Waals surface area (Å²) in [4.78, 5) is 37.2. The number of carbonyl (C=O) groups is 2. The molecule has 0 radical (unpaired) electrons. The highest BCUT2D eigenvalue weighted by atomic mass is 16.5. The molecule has 3 aromatic carbocycles. The number of esters is 1. The second-order valence-corrected chi connectivity index (χ2v) is 7.77. The number of nitrogens with one attached hydrogen (secondary N) is 1. The highest BCUT2D eigenvalue weighted by Gasteiger charge is 2.17. The van der Waals surface area contributed by atoms with Crippen LogP contribution >= 0.6 is 0 Å². The summed E-state index contributed by atoms with van der Waals surface area (Å²) in [5, 5.41) is 11.2. The Bertz CT molecular complexity index is 1320. The number of amides is 1. The molecule has 4 aromatic rings. The van der Waals surface area contributed by atoms with Crippen LogP contribution in [0, 0.1) is 0 Å². The van der Waals surface area contributed by atoms with E-state index in [0.717, 1.165) is 15.8 Å². The largest absolute Gasteiger partial charge is 0.456 e. The molecule has 0 saturated carbocycles. The van der Waals surface area contributed by atoms with Crippen molar-refractivity contribution in [2.75, 3.05) is 6.61 Å². The Balaban J connectivity index is 1.31. The van der Waals surface area contributed by atoms with E-state index in [1.54, 1.807) is 24.3 Å². The molecule has 0 bridgehead atoms. The molecule has 34 heavy (non-hydrogen) atoms. The van der Waals surface area contributed by atoms with Crippen LogP contribution in [-0.4, -0.2) is 33.5 Å². The van der Waals surface area contributed by atoms with E-state index in [0.29, 0.717) is 17.3 Å². The maximum atomic E-state index is 12.5. The number of aromatic nitrogens is 3. The summed E-state index contributed by atoms with van der Waals surface area (Å²) < 4.78 is 6.25. The first-order valence-electron chi connectivity index (χ1n) is 11.0. The Hall–Kier alpha value is -4.33. The van der Waals surface area contributed by atoms with Gasteiger partial charge >= 0.3 is 5.97 Å². The molecule has 0 aliphatic carbocycles. The number of hydrogen-bond acceptors (Lipinski definition) is 6. The highest BCUT2D eigenvalue weighted by molar-refractivity contribution is 5.81. The van der Waals surface area contributed by atoms with Crippen LogP contribution in [0.3, 0.4) is 0 Å². The summed E-state index contributed by atoms with van der Waals surface area (Å²) in [6, 6.07) is 26.1. The van der Waals surface area contributed by atoms with E-state index in [-0.39, 0.29) is 24.6 Å². The number of benzene rings is 3. The lowest BCUT2D eigenvalue weighted by Gasteiger charge is -2.19. The van der Waals surface area contributed by atoms with E-state index in [4.69, 9.17) is 4.74 Å². The number of rotatable bonds is 9. The summed E-state index contributed by atoms with van der Waals surface area (Å²) in [6.07, 6.45) is 0.500. The van der Waals surface area contributed by atoms with Crippen LogP contribution in [0.4, 0.5) is 0 Å². The third-order valence-corrected chi connectivity index (χ3v) is 5.34. The summed E-state index contributed by atoms with van der Waals surface area (Å²) in [6.45, 7) is -0.396. The van der Waals surface area contributed by atoms with Gasteiger partial charge in [0.25, 0.3) is 11.5 Å². The van der Waals surface area contributed by atoms with Crippen molar-refractivity contribution < 1.29 is 14.3 Å². The second kappa shape index (κ2) is 11.0. The predicted molar refractivity (Wildman–Crippen MR) is 127 cm³/mol. The van der Waals surface area contributed by atoms with Crippen molar-refractivity contribution in [1.82, 2.24) is 20.3 Å². The van der Waals surface area contributed by atoms with E-state index in [9.17, 15) is 14.4 Å². The summed E-state index contributed by atoms with van der Waals surface area (Å²) >= 11 is 0. The molecule has 8 nitrogen and oxygen atoms in total. The van der Waals surface area contributed by atoms with Gasteiger partial charge in [-0.2, -0.15) is 0 Å². The van der Waals surface area contributed by atoms with Gasteiger partial charge in [-0.15, -0.1) is 5.10 Å². The molecular weight excluding hydrogens is 432 g/mol. The Morgan fingerprint density at radius 2 is 1.59 bits per heavy atom. The number of aryl methyl sites for hydroxylation is 1. The van der Waals surface area contributed by atoms with Gasteiger partial charge in [0.05, 0.1) is 24.4 Å². The minimum Gasteiger partial charge on any atom is -0.456 e. The number of fused-ring (bicyclic) bond motifs is 1. The first-order valence-corrected chi connectivity index (χ1v) is 11.0. The normalized spacial score (nSPS) is 11.6. The molecule has 1 amide bonds. The van der Waals surface area contributed by atoms with Crippen molar-refractivity contribution >= 4 is 22.8 Å². The molecule has 0 fully saturated rings. The fraction of sp³-hybridized carbons (Fsp3) is 0.192. The van der Waals surface area contributed by atoms with E-state index < -0.39 is 18.5 Å². The molecule has 1 atom stereocenters. The quantitative estimate of drug-likeness (QED) is 0.389. The van der Waals surface area contributed by atoms with Crippen molar-refractivity contribution in [3.05, 3.63) is 106 Å². The molecule has 0 aliphatic heterocycles. The maximum absolute atomic E-state index is 12.5. The minimum absolute atomic E-state index is 0.0117. The fourth-order valence-electron chi connectivity index (χ4n) is 3.61. The predicted octanol–water partition coefficient (Wildman–Crippen LogP) is 2.83. The van der Waals surface area contributed by atoms with Crippen LogP contribution in [0.15, 0.2) is 89.7 Å². The topological polar surface area (TPSA) is 103 Å². The van der Waals surface area contributed by atoms with Crippen LogP contribution < -0.4 is 10.9 Å². The van der Waals surface area contributed by atoms with Gasteiger partial charge in [0.15, 0.2) is 6.61 Å². The van der Waals surface area contributed by atoms with E-state index in [1.165, 1.54) is 0 Å². The van der Waals surface area contributed by atoms with Gasteiger partial charge in [-0.25, -0.2) is 4.68 Å². The van der Waals surface area contributed by atoms with E-state index in [2.05, 4.69) is 15.6 Å². The molecule has 8 heteroatoms. The average Bonchev–Trinajstić information content (AvgIpc) is 2.88. The Morgan fingerprint density at radius 3 is 2.35 bits per heavy atom. The summed E-state index contributed by atoms with van der Waals surface area (Å²) in [5.74, 6) is -1.00. The van der Waals surface area contributed by atoms with Crippen molar-refractivity contribution in [2.45, 2.75) is 25.4 Å². The smallest absolute Gasteiger partial charge is 0.308 e. The molecule has 0 spiro atoms. The van der Waals surface area contributed by atoms with Gasteiger partial charge in [-0.3, -0.25) is 14.4 Å². The third-order valence-electron chi connectivity index (χ3n) is 5.34. The summed E-state index contributed by atoms with van der Waals surface area (Å²) in [7, 11) is 0. The van der Waals surface area contributed by atoms with Crippen molar-refractivity contribution in [3.63, 3.8) is 0 Å². The average molecular weight is 457 g/mol. The lowest BCUT2D eigenvalue weighted by atomic mass is 9.99. The zero-order valence-electron chi connectivity index (χ0n) is 18.5. The van der Waals surface area contributed by atoms with Crippen LogP contribution in [0.2, 0.25) is 0 Å². The van der Waals surface area contributed by atoms with Crippen LogP contribution in [0.5, 0.6) is 0 Å². The first kappa shape index (κ1) is 22.8. The Morgan fingerprint density at radius 1 is 0.912 bits per heavy atom. The Kier molecular flexibility index (Phi) is 7.39. The Labute approximate surface area is 196 Å². The highest BCUT2D eigenvalue weighted by Crippen LogP contribution is 2.18. The van der Waals surface area contributed by atoms with E-state index in [1.807, 2.05) is 60.7 Å². The zero-order chi connectivity index (χ0) is 23.8. The lowest BCUT2D eigenvalue weighted by molar-refractivity contribution is -0.149. The molecule has 1 N–H and O–H groups in total. The molecule has 4 rings (SSSR count). The minimum atomic E-state index is -0.601. The summed E-state index contributed by atoms with van der Waals surface area (Å²) in [5.41, 5.74) is 2.20. The maximum Gasteiger partial charge on any atom is 0.308 e. The number of carbonyl (C=O) groups excluding carboxylic acids is 2. The molecule has 0 aliphatic rings. The van der Waals surface area contributed by atoms with Gasteiger partial charge < -0.3 is 10.1 Å². The van der Waals surface area contributed by atoms with Gasteiger partial charge in [0.1, 0.15) is 5.52 Å². The third kappa shape index (κ3) is 5.92. The monoisotopic (exact) mass is 456 g/mol. The molecule has 1 unspecified atom stereocenters. The molecular formula is C26H24N4O4. The van der Waals surface area contributed by atoms with Crippen LogP contribution in [-0.2, 0) is 27.3 Å². The lowest BCUT2D eigenvalue weighted by Crippen LogP contribution is -2.34. The zero-order valence-corrected chi connectivity index (χ0v) is 18.5. The van der Waals surface area contributed by atoms with Crippen molar-refractivity contribution in [2.24, 2.45) is 0 Å². The second-order valence-electron chi connectivity index (χ2n) is 7.77. The van der Waals surface area contributed by atoms with Gasteiger partial charge in [0, 0.05) is 0 Å². The van der Waals surface area contributed by atoms with Gasteiger partial charge in [0.2, 0.25) is 0 Å². The van der Waals surface area contributed by atoms with Crippen molar-refractivity contribution in [3.8, 4) is 0 Å². The molecule has 172 valence electrons. The first-order chi connectivity index (χ1) is 16.6. The fourth-order valence-corrected chi connectivity index (χ4v) is 3.61. The molecule has 0 saturated heterocycles. The standard InChI is InChI=1S/C26H24N4O4/c31-24(27-23(20-11-5-2-6-12-20)17-19-9-3-1-4-10-19)18-34-25(32)15-16-30-26(33)21-13-7-8-14-22(21)28-29-30/h1-14,23H,15-18H2,(H,27,31). The van der Waals surface area contributed by atoms with Gasteiger partial charge in [-0.1, -0.05) is 78.0 Å². The van der Waals surface area contributed by atoms with Crippen molar-refractivity contribution in [1.29, 1.82) is 0 Å². The van der Waals surface area contributed by atoms with Crippen LogP contribution in [0.25, 0.3) is 10.9 Å².